The standard InChI is InChI=1S/C20H19ClN4O.ClH/c21-18-8-7-16(25-11-4-9-23-25)13-17(18)20(26)24-12-10-22-19(14-24)15-5-2-1-3-6-15;/h1-9,11,13,19,22H,10,12,14H2;1H. The molecule has 1 amide bonds. The summed E-state index contributed by atoms with van der Waals surface area (Å²) >= 11 is 6.33. The zero-order valence-corrected chi connectivity index (χ0v) is 16.2. The summed E-state index contributed by atoms with van der Waals surface area (Å²) in [5, 5.41) is 8.16. The van der Waals surface area contributed by atoms with Crippen molar-refractivity contribution >= 4 is 29.9 Å². The Balaban J connectivity index is 0.00000210. The molecule has 1 aromatic heterocycles. The van der Waals surface area contributed by atoms with Crippen molar-refractivity contribution in [2.24, 2.45) is 0 Å². The molecule has 0 aliphatic carbocycles. The number of halogens is 2. The number of nitrogens with one attached hydrogen (secondary N) is 1. The summed E-state index contributed by atoms with van der Waals surface area (Å²) in [5.41, 5.74) is 2.51. The van der Waals surface area contributed by atoms with Crippen LogP contribution in [0, 0.1) is 0 Å². The highest BCUT2D eigenvalue weighted by molar-refractivity contribution is 6.33. The highest BCUT2D eigenvalue weighted by Gasteiger charge is 2.26. The third-order valence-corrected chi connectivity index (χ3v) is 4.94. The zero-order valence-electron chi connectivity index (χ0n) is 14.6. The maximum absolute atomic E-state index is 13.1. The Morgan fingerprint density at radius 1 is 1.15 bits per heavy atom. The first-order chi connectivity index (χ1) is 12.7. The topological polar surface area (TPSA) is 50.2 Å². The van der Waals surface area contributed by atoms with E-state index >= 15 is 0 Å². The van der Waals surface area contributed by atoms with E-state index in [9.17, 15) is 4.79 Å². The van der Waals surface area contributed by atoms with Gasteiger partial charge in [0.15, 0.2) is 0 Å². The molecule has 1 unspecified atom stereocenters. The van der Waals surface area contributed by atoms with Crippen LogP contribution in [0.5, 0.6) is 0 Å². The van der Waals surface area contributed by atoms with Crippen molar-refractivity contribution in [1.82, 2.24) is 20.0 Å². The molecule has 0 bridgehead atoms. The first-order valence-electron chi connectivity index (χ1n) is 8.59. The number of benzene rings is 2. The zero-order chi connectivity index (χ0) is 17.9. The van der Waals surface area contributed by atoms with Crippen molar-refractivity contribution in [2.75, 3.05) is 19.6 Å². The summed E-state index contributed by atoms with van der Waals surface area (Å²) in [6.45, 7) is 2.03. The van der Waals surface area contributed by atoms with E-state index in [2.05, 4.69) is 22.5 Å². The maximum atomic E-state index is 13.1. The van der Waals surface area contributed by atoms with E-state index in [1.807, 2.05) is 41.4 Å². The monoisotopic (exact) mass is 402 g/mol. The number of amides is 1. The van der Waals surface area contributed by atoms with Crippen molar-refractivity contribution in [3.63, 3.8) is 0 Å². The van der Waals surface area contributed by atoms with Crippen LogP contribution in [-0.2, 0) is 0 Å². The summed E-state index contributed by atoms with van der Waals surface area (Å²) in [7, 11) is 0. The molecule has 1 atom stereocenters. The smallest absolute Gasteiger partial charge is 0.255 e. The van der Waals surface area contributed by atoms with E-state index in [0.29, 0.717) is 23.7 Å². The van der Waals surface area contributed by atoms with Crippen LogP contribution in [0.3, 0.4) is 0 Å². The fourth-order valence-electron chi connectivity index (χ4n) is 3.25. The summed E-state index contributed by atoms with van der Waals surface area (Å²) in [5.74, 6) is -0.0496. The molecular formula is C20H20Cl2N4O. The molecule has 5 nitrogen and oxygen atoms in total. The average molecular weight is 403 g/mol. The number of piperazine rings is 1. The predicted octanol–water partition coefficient (Wildman–Crippen LogP) is 3.73. The highest BCUT2D eigenvalue weighted by Crippen LogP contribution is 2.24. The van der Waals surface area contributed by atoms with Crippen LogP contribution >= 0.6 is 24.0 Å². The SMILES string of the molecule is Cl.O=C(c1cc(-n2cccn2)ccc1Cl)N1CCNC(c2ccccc2)C1. The Morgan fingerprint density at radius 2 is 1.96 bits per heavy atom. The molecule has 1 aliphatic heterocycles. The molecule has 7 heteroatoms. The van der Waals surface area contributed by atoms with Crippen LogP contribution < -0.4 is 5.32 Å². The van der Waals surface area contributed by atoms with Crippen molar-refractivity contribution in [1.29, 1.82) is 0 Å². The molecule has 27 heavy (non-hydrogen) atoms. The quantitative estimate of drug-likeness (QED) is 0.725. The van der Waals surface area contributed by atoms with Crippen LogP contribution in [0.2, 0.25) is 5.02 Å². The van der Waals surface area contributed by atoms with Gasteiger partial charge in [-0.15, -0.1) is 12.4 Å². The first kappa shape index (κ1) is 19.4. The van der Waals surface area contributed by atoms with Gasteiger partial charge in [-0.1, -0.05) is 41.9 Å². The van der Waals surface area contributed by atoms with Gasteiger partial charge in [-0.3, -0.25) is 4.79 Å². The number of hydrogen-bond acceptors (Lipinski definition) is 3. The van der Waals surface area contributed by atoms with Crippen LogP contribution in [-0.4, -0.2) is 40.2 Å². The molecular weight excluding hydrogens is 383 g/mol. The van der Waals surface area contributed by atoms with Gasteiger partial charge in [0.25, 0.3) is 5.91 Å². The lowest BCUT2D eigenvalue weighted by Crippen LogP contribution is -2.48. The molecule has 4 rings (SSSR count). The predicted molar refractivity (Wildman–Crippen MR) is 109 cm³/mol. The van der Waals surface area contributed by atoms with Gasteiger partial charge < -0.3 is 10.2 Å². The number of nitrogens with zero attached hydrogens (tertiary/aromatic N) is 3. The second kappa shape index (κ2) is 8.57. The second-order valence-electron chi connectivity index (χ2n) is 6.28. The Morgan fingerprint density at radius 3 is 2.70 bits per heavy atom. The molecule has 0 radical (unpaired) electrons. The highest BCUT2D eigenvalue weighted by atomic mass is 35.5. The number of carbonyl (C=O) groups excluding carboxylic acids is 1. The molecule has 2 heterocycles. The Labute approximate surface area is 169 Å². The van der Waals surface area contributed by atoms with Crippen LogP contribution in [0.15, 0.2) is 67.0 Å². The van der Waals surface area contributed by atoms with E-state index in [-0.39, 0.29) is 24.4 Å². The van der Waals surface area contributed by atoms with Gasteiger partial charge >= 0.3 is 0 Å². The van der Waals surface area contributed by atoms with Crippen LogP contribution in [0.1, 0.15) is 22.0 Å². The number of hydrogen-bond donors (Lipinski definition) is 1. The molecule has 140 valence electrons. The van der Waals surface area contributed by atoms with Gasteiger partial charge in [-0.05, 0) is 29.8 Å². The van der Waals surface area contributed by atoms with Gasteiger partial charge in [0.1, 0.15) is 0 Å². The van der Waals surface area contributed by atoms with E-state index < -0.39 is 0 Å². The van der Waals surface area contributed by atoms with Gasteiger partial charge in [0.2, 0.25) is 0 Å². The molecule has 0 spiro atoms. The molecule has 2 aromatic carbocycles. The third-order valence-electron chi connectivity index (χ3n) is 4.61. The van der Waals surface area contributed by atoms with Crippen molar-refractivity contribution in [3.8, 4) is 5.69 Å². The van der Waals surface area contributed by atoms with E-state index in [1.54, 1.807) is 23.0 Å². The lowest BCUT2D eigenvalue weighted by atomic mass is 10.0. The van der Waals surface area contributed by atoms with Gasteiger partial charge in [-0.25, -0.2) is 4.68 Å². The minimum atomic E-state index is -0.0496. The van der Waals surface area contributed by atoms with E-state index in [4.69, 9.17) is 11.6 Å². The lowest BCUT2D eigenvalue weighted by Gasteiger charge is -2.34. The Bertz CT molecular complexity index is 900. The fourth-order valence-corrected chi connectivity index (χ4v) is 3.45. The molecule has 3 aromatic rings. The number of aromatic nitrogens is 2. The van der Waals surface area contributed by atoms with Crippen molar-refractivity contribution in [2.45, 2.75) is 6.04 Å². The molecule has 1 fully saturated rings. The largest absolute Gasteiger partial charge is 0.335 e. The fraction of sp³-hybridized carbons (Fsp3) is 0.200. The van der Waals surface area contributed by atoms with E-state index in [1.165, 1.54) is 5.56 Å². The van der Waals surface area contributed by atoms with Gasteiger partial charge in [0.05, 0.1) is 16.3 Å². The summed E-state index contributed by atoms with van der Waals surface area (Å²) in [6, 6.07) is 17.6. The Kier molecular flexibility index (Phi) is 6.16. The Hall–Kier alpha value is -2.34. The van der Waals surface area contributed by atoms with Crippen LogP contribution in [0.25, 0.3) is 5.69 Å². The summed E-state index contributed by atoms with van der Waals surface area (Å²) in [6.07, 6.45) is 3.55. The average Bonchev–Trinajstić information content (AvgIpc) is 3.23. The molecule has 1 saturated heterocycles. The van der Waals surface area contributed by atoms with Crippen molar-refractivity contribution < 1.29 is 4.79 Å². The summed E-state index contributed by atoms with van der Waals surface area (Å²) < 4.78 is 1.72. The first-order valence-corrected chi connectivity index (χ1v) is 8.97. The maximum Gasteiger partial charge on any atom is 0.255 e. The molecule has 0 saturated carbocycles. The number of carbonyl (C=O) groups is 1. The second-order valence-corrected chi connectivity index (χ2v) is 6.69. The minimum absolute atomic E-state index is 0. The van der Waals surface area contributed by atoms with Crippen molar-refractivity contribution in [3.05, 3.63) is 83.1 Å². The lowest BCUT2D eigenvalue weighted by molar-refractivity contribution is 0.0703. The minimum Gasteiger partial charge on any atom is -0.335 e. The number of rotatable bonds is 3. The molecule has 1 N–H and O–H groups in total. The van der Waals surface area contributed by atoms with Gasteiger partial charge in [0, 0.05) is 38.1 Å². The van der Waals surface area contributed by atoms with E-state index in [0.717, 1.165) is 12.2 Å². The van der Waals surface area contributed by atoms with Crippen LogP contribution in [0.4, 0.5) is 0 Å². The normalized spacial score (nSPS) is 16.6. The van der Waals surface area contributed by atoms with Gasteiger partial charge in [-0.2, -0.15) is 5.10 Å². The summed E-state index contributed by atoms with van der Waals surface area (Å²) in [4.78, 5) is 15.0. The molecule has 1 aliphatic rings. The third kappa shape index (κ3) is 4.16.